The van der Waals surface area contributed by atoms with Crippen LogP contribution in [0.25, 0.3) is 0 Å². The average molecular weight is 283 g/mol. The Morgan fingerprint density at radius 2 is 2.08 bits per heavy atom. The third-order valence-electron chi connectivity index (χ3n) is 1.88. The van der Waals surface area contributed by atoms with Gasteiger partial charge in [0.25, 0.3) is 0 Å². The topological polar surface area (TPSA) is 12.9 Å². The van der Waals surface area contributed by atoms with Crippen molar-refractivity contribution in [2.45, 2.75) is 19.3 Å². The molecule has 1 rings (SSSR count). The lowest BCUT2D eigenvalue weighted by Crippen LogP contribution is -2.19. The molecule has 0 radical (unpaired) electrons. The molecule has 0 unspecified atom stereocenters. The van der Waals surface area contributed by atoms with Gasteiger partial charge in [-0.2, -0.15) is 0 Å². The van der Waals surface area contributed by atoms with Crippen LogP contribution in [0.15, 0.2) is 12.3 Å². The monoisotopic (exact) mass is 281 g/mol. The fraction of sp³-hybridized carbons (Fsp3) is 0.444. The molecule has 0 aliphatic carbocycles. The molecular weight excluding hydrogens is 273 g/mol. The summed E-state index contributed by atoms with van der Waals surface area (Å²) in [5.74, 6) is 0. The van der Waals surface area contributed by atoms with E-state index in [1.807, 2.05) is 0 Å². The van der Waals surface area contributed by atoms with E-state index in [2.05, 4.69) is 34.8 Å². The molecule has 0 fully saturated rings. The normalized spacial score (nSPS) is 11.8. The van der Waals surface area contributed by atoms with Crippen LogP contribution in [0, 0.1) is 0 Å². The van der Waals surface area contributed by atoms with Crippen molar-refractivity contribution in [1.29, 1.82) is 0 Å². The van der Waals surface area contributed by atoms with Gasteiger partial charge in [-0.1, -0.05) is 53.0 Å². The van der Waals surface area contributed by atoms with Crippen molar-refractivity contribution in [2.75, 3.05) is 5.33 Å². The SMILES string of the molecule is CC(C)(CBr)c1cnc(Cl)cc1Cl. The third-order valence-corrected chi connectivity index (χ3v) is 3.80. The summed E-state index contributed by atoms with van der Waals surface area (Å²) in [6.07, 6.45) is 1.73. The Hall–Kier alpha value is 0.210. The first kappa shape index (κ1) is 11.3. The predicted octanol–water partition coefficient (Wildman–Crippen LogP) is 4.06. The molecule has 0 spiro atoms. The van der Waals surface area contributed by atoms with Crippen molar-refractivity contribution < 1.29 is 0 Å². The first-order valence-corrected chi connectivity index (χ1v) is 5.72. The van der Waals surface area contributed by atoms with Gasteiger partial charge in [0.1, 0.15) is 5.15 Å². The minimum absolute atomic E-state index is 0.0192. The number of hydrogen-bond donors (Lipinski definition) is 0. The quantitative estimate of drug-likeness (QED) is 0.589. The van der Waals surface area contributed by atoms with Gasteiger partial charge in [0.2, 0.25) is 0 Å². The summed E-state index contributed by atoms with van der Waals surface area (Å²) in [6, 6.07) is 1.67. The smallest absolute Gasteiger partial charge is 0.130 e. The minimum atomic E-state index is -0.0192. The van der Waals surface area contributed by atoms with Crippen molar-refractivity contribution in [2.24, 2.45) is 0 Å². The average Bonchev–Trinajstić information content (AvgIpc) is 2.03. The highest BCUT2D eigenvalue weighted by atomic mass is 79.9. The van der Waals surface area contributed by atoms with E-state index < -0.39 is 0 Å². The zero-order valence-corrected chi connectivity index (χ0v) is 10.5. The fourth-order valence-corrected chi connectivity index (χ4v) is 1.90. The molecule has 0 saturated carbocycles. The summed E-state index contributed by atoms with van der Waals surface area (Å²) in [5.41, 5.74) is 0.990. The van der Waals surface area contributed by atoms with Crippen molar-refractivity contribution in [3.63, 3.8) is 0 Å². The van der Waals surface area contributed by atoms with Crippen LogP contribution in [0.3, 0.4) is 0 Å². The Bertz CT molecular complexity index is 312. The molecule has 13 heavy (non-hydrogen) atoms. The summed E-state index contributed by atoms with van der Waals surface area (Å²) >= 11 is 15.2. The summed E-state index contributed by atoms with van der Waals surface area (Å²) < 4.78 is 0. The molecule has 0 N–H and O–H groups in total. The van der Waals surface area contributed by atoms with Gasteiger partial charge >= 0.3 is 0 Å². The van der Waals surface area contributed by atoms with Crippen LogP contribution in [0.2, 0.25) is 10.2 Å². The van der Waals surface area contributed by atoms with Crippen LogP contribution < -0.4 is 0 Å². The predicted molar refractivity (Wildman–Crippen MR) is 61.1 cm³/mol. The fourth-order valence-electron chi connectivity index (χ4n) is 0.977. The van der Waals surface area contributed by atoms with Crippen LogP contribution >= 0.6 is 39.1 Å². The van der Waals surface area contributed by atoms with Gasteiger partial charge in [0, 0.05) is 22.0 Å². The molecule has 1 aromatic heterocycles. The Kier molecular flexibility index (Phi) is 3.61. The van der Waals surface area contributed by atoms with Crippen molar-refractivity contribution in [3.8, 4) is 0 Å². The molecule has 1 heterocycles. The molecule has 1 aromatic rings. The highest BCUT2D eigenvalue weighted by molar-refractivity contribution is 9.09. The maximum atomic E-state index is 6.05. The van der Waals surface area contributed by atoms with E-state index in [9.17, 15) is 0 Å². The van der Waals surface area contributed by atoms with E-state index in [4.69, 9.17) is 23.2 Å². The number of alkyl halides is 1. The second-order valence-electron chi connectivity index (χ2n) is 3.50. The van der Waals surface area contributed by atoms with Crippen LogP contribution in [0.5, 0.6) is 0 Å². The van der Waals surface area contributed by atoms with Gasteiger partial charge < -0.3 is 0 Å². The Morgan fingerprint density at radius 1 is 1.46 bits per heavy atom. The summed E-state index contributed by atoms with van der Waals surface area (Å²) in [4.78, 5) is 4.01. The zero-order valence-electron chi connectivity index (χ0n) is 7.44. The van der Waals surface area contributed by atoms with Crippen LogP contribution in [0.4, 0.5) is 0 Å². The molecule has 0 bridgehead atoms. The Balaban J connectivity index is 3.16. The molecule has 72 valence electrons. The van der Waals surface area contributed by atoms with E-state index in [1.165, 1.54) is 0 Å². The van der Waals surface area contributed by atoms with E-state index in [0.717, 1.165) is 10.9 Å². The molecule has 0 saturated heterocycles. The molecule has 0 aliphatic heterocycles. The minimum Gasteiger partial charge on any atom is -0.244 e. The lowest BCUT2D eigenvalue weighted by molar-refractivity contribution is 0.604. The number of halogens is 3. The largest absolute Gasteiger partial charge is 0.244 e. The van der Waals surface area contributed by atoms with Crippen LogP contribution in [-0.4, -0.2) is 10.3 Å². The van der Waals surface area contributed by atoms with Gasteiger partial charge in [-0.05, 0) is 11.6 Å². The number of aromatic nitrogens is 1. The van der Waals surface area contributed by atoms with E-state index in [0.29, 0.717) is 10.2 Å². The Labute approximate surface area is 96.6 Å². The lowest BCUT2D eigenvalue weighted by atomic mass is 9.88. The van der Waals surface area contributed by atoms with Gasteiger partial charge in [-0.15, -0.1) is 0 Å². The first-order chi connectivity index (χ1) is 5.97. The van der Waals surface area contributed by atoms with Gasteiger partial charge in [0.15, 0.2) is 0 Å². The number of pyridine rings is 1. The molecule has 1 nitrogen and oxygen atoms in total. The summed E-state index contributed by atoms with van der Waals surface area (Å²) in [6.45, 7) is 4.19. The molecule has 0 atom stereocenters. The maximum Gasteiger partial charge on any atom is 0.130 e. The first-order valence-electron chi connectivity index (χ1n) is 3.85. The second kappa shape index (κ2) is 4.16. The summed E-state index contributed by atoms with van der Waals surface area (Å²) in [5, 5.41) is 1.94. The molecule has 4 heteroatoms. The van der Waals surface area contributed by atoms with E-state index in [-0.39, 0.29) is 5.41 Å². The standard InChI is InChI=1S/C9H10BrCl2N/c1-9(2,5-10)6-4-13-8(12)3-7(6)11/h3-4H,5H2,1-2H3. The molecule has 0 aliphatic rings. The van der Waals surface area contributed by atoms with E-state index >= 15 is 0 Å². The van der Waals surface area contributed by atoms with Gasteiger partial charge in [-0.3, -0.25) is 0 Å². The van der Waals surface area contributed by atoms with Crippen LogP contribution in [0.1, 0.15) is 19.4 Å². The number of rotatable bonds is 2. The summed E-state index contributed by atoms with van der Waals surface area (Å²) in [7, 11) is 0. The lowest BCUT2D eigenvalue weighted by Gasteiger charge is -2.22. The Morgan fingerprint density at radius 3 is 2.54 bits per heavy atom. The number of nitrogens with zero attached hydrogens (tertiary/aromatic N) is 1. The van der Waals surface area contributed by atoms with Crippen molar-refractivity contribution >= 4 is 39.1 Å². The molecule has 0 amide bonds. The van der Waals surface area contributed by atoms with Gasteiger partial charge in [-0.25, -0.2) is 4.98 Å². The second-order valence-corrected chi connectivity index (χ2v) is 4.86. The number of hydrogen-bond acceptors (Lipinski definition) is 1. The third kappa shape index (κ3) is 2.58. The molecular formula is C9H10BrCl2N. The zero-order chi connectivity index (χ0) is 10.1. The highest BCUT2D eigenvalue weighted by Crippen LogP contribution is 2.31. The maximum absolute atomic E-state index is 6.05. The van der Waals surface area contributed by atoms with Crippen LogP contribution in [-0.2, 0) is 5.41 Å². The van der Waals surface area contributed by atoms with E-state index in [1.54, 1.807) is 12.3 Å². The van der Waals surface area contributed by atoms with Crippen molar-refractivity contribution in [1.82, 2.24) is 4.98 Å². The highest BCUT2D eigenvalue weighted by Gasteiger charge is 2.22. The van der Waals surface area contributed by atoms with Gasteiger partial charge in [0.05, 0.1) is 0 Å². The van der Waals surface area contributed by atoms with Crippen molar-refractivity contribution in [3.05, 3.63) is 28.0 Å². The molecule has 0 aromatic carbocycles.